The third-order valence-electron chi connectivity index (χ3n) is 4.98. The topological polar surface area (TPSA) is 53.6 Å². The Morgan fingerprint density at radius 3 is 3.09 bits per heavy atom. The first kappa shape index (κ1) is 14.2. The number of nitrogens with zero attached hydrogens (tertiary/aromatic N) is 2. The molecule has 2 heterocycles. The SMILES string of the molecule is CCc1c[nH]c2ncnc(NC3CCCc4c(C)cccc43)c12. The number of nitrogens with one attached hydrogen (secondary N) is 2. The zero-order valence-corrected chi connectivity index (χ0v) is 13.7. The Bertz CT molecular complexity index is 850. The van der Waals surface area contributed by atoms with Crippen molar-refractivity contribution in [1.29, 1.82) is 0 Å². The van der Waals surface area contributed by atoms with Gasteiger partial charge in [-0.05, 0) is 54.9 Å². The van der Waals surface area contributed by atoms with Gasteiger partial charge in [0.15, 0.2) is 0 Å². The number of H-pyrrole nitrogens is 1. The van der Waals surface area contributed by atoms with E-state index in [1.54, 1.807) is 6.33 Å². The molecule has 1 aliphatic carbocycles. The van der Waals surface area contributed by atoms with Crippen molar-refractivity contribution in [3.05, 3.63) is 53.0 Å². The Kier molecular flexibility index (Phi) is 3.52. The second kappa shape index (κ2) is 5.69. The van der Waals surface area contributed by atoms with E-state index in [-0.39, 0.29) is 0 Å². The Hall–Kier alpha value is -2.36. The molecule has 0 radical (unpaired) electrons. The highest BCUT2D eigenvalue weighted by Gasteiger charge is 2.22. The fourth-order valence-electron chi connectivity index (χ4n) is 3.76. The van der Waals surface area contributed by atoms with Crippen LogP contribution < -0.4 is 5.32 Å². The molecule has 0 saturated heterocycles. The summed E-state index contributed by atoms with van der Waals surface area (Å²) >= 11 is 0. The second-order valence-corrected chi connectivity index (χ2v) is 6.35. The minimum absolute atomic E-state index is 0.330. The molecule has 4 nitrogen and oxygen atoms in total. The third kappa shape index (κ3) is 2.38. The van der Waals surface area contributed by atoms with Gasteiger partial charge >= 0.3 is 0 Å². The summed E-state index contributed by atoms with van der Waals surface area (Å²) in [6, 6.07) is 6.97. The zero-order chi connectivity index (χ0) is 15.8. The highest BCUT2D eigenvalue weighted by atomic mass is 15.1. The first-order valence-electron chi connectivity index (χ1n) is 8.43. The number of fused-ring (bicyclic) bond motifs is 2. The molecular weight excluding hydrogens is 284 g/mol. The highest BCUT2D eigenvalue weighted by molar-refractivity contribution is 5.90. The Morgan fingerprint density at radius 2 is 2.22 bits per heavy atom. The van der Waals surface area contributed by atoms with Crippen molar-refractivity contribution >= 4 is 16.9 Å². The zero-order valence-electron chi connectivity index (χ0n) is 13.7. The molecule has 2 aromatic heterocycles. The molecule has 1 aliphatic rings. The van der Waals surface area contributed by atoms with Gasteiger partial charge in [-0.1, -0.05) is 25.1 Å². The van der Waals surface area contributed by atoms with Crippen LogP contribution in [0.5, 0.6) is 0 Å². The number of aromatic amines is 1. The maximum atomic E-state index is 4.53. The second-order valence-electron chi connectivity index (χ2n) is 6.35. The monoisotopic (exact) mass is 306 g/mol. The normalized spacial score (nSPS) is 17.2. The van der Waals surface area contributed by atoms with E-state index in [2.05, 4.69) is 52.3 Å². The van der Waals surface area contributed by atoms with E-state index in [0.29, 0.717) is 6.04 Å². The lowest BCUT2D eigenvalue weighted by Gasteiger charge is -2.28. The molecule has 0 bridgehead atoms. The maximum absolute atomic E-state index is 4.53. The minimum atomic E-state index is 0.330. The number of rotatable bonds is 3. The van der Waals surface area contributed by atoms with Crippen molar-refractivity contribution < 1.29 is 0 Å². The van der Waals surface area contributed by atoms with Crippen LogP contribution in [0.25, 0.3) is 11.0 Å². The molecule has 0 aliphatic heterocycles. The Balaban J connectivity index is 1.75. The van der Waals surface area contributed by atoms with Crippen LogP contribution in [0, 0.1) is 6.92 Å². The summed E-state index contributed by atoms with van der Waals surface area (Å²) in [5.74, 6) is 0.951. The summed E-state index contributed by atoms with van der Waals surface area (Å²) in [6.45, 7) is 4.38. The predicted octanol–water partition coefficient (Wildman–Crippen LogP) is 4.32. The van der Waals surface area contributed by atoms with Crippen LogP contribution in [-0.2, 0) is 12.8 Å². The third-order valence-corrected chi connectivity index (χ3v) is 4.98. The van der Waals surface area contributed by atoms with Gasteiger partial charge < -0.3 is 10.3 Å². The van der Waals surface area contributed by atoms with E-state index in [1.165, 1.54) is 35.1 Å². The molecule has 4 heteroatoms. The molecule has 0 amide bonds. The molecule has 2 N–H and O–H groups in total. The van der Waals surface area contributed by atoms with E-state index in [0.717, 1.165) is 29.7 Å². The minimum Gasteiger partial charge on any atom is -0.363 e. The summed E-state index contributed by atoms with van der Waals surface area (Å²) in [5, 5.41) is 4.83. The maximum Gasteiger partial charge on any atom is 0.143 e. The molecule has 1 atom stereocenters. The molecule has 1 unspecified atom stereocenters. The summed E-state index contributed by atoms with van der Waals surface area (Å²) in [4.78, 5) is 12.1. The summed E-state index contributed by atoms with van der Waals surface area (Å²) in [6.07, 6.45) is 8.21. The number of hydrogen-bond acceptors (Lipinski definition) is 3. The van der Waals surface area contributed by atoms with E-state index >= 15 is 0 Å². The average molecular weight is 306 g/mol. The smallest absolute Gasteiger partial charge is 0.143 e. The van der Waals surface area contributed by atoms with Crippen LogP contribution in [0.15, 0.2) is 30.7 Å². The van der Waals surface area contributed by atoms with E-state index in [9.17, 15) is 0 Å². The van der Waals surface area contributed by atoms with Gasteiger partial charge in [0.05, 0.1) is 11.4 Å². The summed E-state index contributed by atoms with van der Waals surface area (Å²) in [7, 11) is 0. The molecule has 4 rings (SSSR count). The van der Waals surface area contributed by atoms with Crippen LogP contribution in [0.4, 0.5) is 5.82 Å². The lowest BCUT2D eigenvalue weighted by Crippen LogP contribution is -2.19. The first-order valence-corrected chi connectivity index (χ1v) is 8.43. The number of hydrogen-bond donors (Lipinski definition) is 2. The number of anilines is 1. The Morgan fingerprint density at radius 1 is 1.30 bits per heavy atom. The van der Waals surface area contributed by atoms with Crippen molar-refractivity contribution in [3.63, 3.8) is 0 Å². The van der Waals surface area contributed by atoms with Crippen molar-refractivity contribution in [2.24, 2.45) is 0 Å². The molecule has 23 heavy (non-hydrogen) atoms. The van der Waals surface area contributed by atoms with Crippen LogP contribution in [0.2, 0.25) is 0 Å². The van der Waals surface area contributed by atoms with Crippen LogP contribution in [0.1, 0.15) is 48.1 Å². The standard InChI is InChI=1S/C19H22N4/c1-3-13-10-20-18-17(13)19(22-11-21-18)23-16-9-5-7-14-12(2)6-4-8-15(14)16/h4,6,8,10-11,16H,3,5,7,9H2,1-2H3,(H2,20,21,22,23). The molecule has 1 aromatic carbocycles. The van der Waals surface area contributed by atoms with Gasteiger partial charge in [-0.3, -0.25) is 0 Å². The van der Waals surface area contributed by atoms with E-state index in [4.69, 9.17) is 0 Å². The number of benzene rings is 1. The van der Waals surface area contributed by atoms with Gasteiger partial charge in [0.2, 0.25) is 0 Å². The van der Waals surface area contributed by atoms with Crippen molar-refractivity contribution in [2.75, 3.05) is 5.32 Å². The first-order chi connectivity index (χ1) is 11.3. The molecule has 0 saturated carbocycles. The van der Waals surface area contributed by atoms with Gasteiger partial charge in [0.25, 0.3) is 0 Å². The van der Waals surface area contributed by atoms with Gasteiger partial charge in [0, 0.05) is 6.20 Å². The number of aryl methyl sites for hydroxylation is 2. The summed E-state index contributed by atoms with van der Waals surface area (Å²) in [5.41, 5.74) is 6.52. The molecule has 3 aromatic rings. The van der Waals surface area contributed by atoms with E-state index in [1.807, 2.05) is 6.20 Å². The quantitative estimate of drug-likeness (QED) is 0.757. The van der Waals surface area contributed by atoms with E-state index < -0.39 is 0 Å². The fraction of sp³-hybridized carbons (Fsp3) is 0.368. The average Bonchev–Trinajstić information content (AvgIpc) is 3.00. The number of aromatic nitrogens is 3. The lowest BCUT2D eigenvalue weighted by molar-refractivity contribution is 0.597. The van der Waals surface area contributed by atoms with Gasteiger partial charge in [-0.25, -0.2) is 9.97 Å². The van der Waals surface area contributed by atoms with Crippen LogP contribution >= 0.6 is 0 Å². The molecule has 118 valence electrons. The molecule has 0 spiro atoms. The Labute approximate surface area is 136 Å². The van der Waals surface area contributed by atoms with Gasteiger partial charge in [-0.2, -0.15) is 0 Å². The summed E-state index contributed by atoms with van der Waals surface area (Å²) < 4.78 is 0. The van der Waals surface area contributed by atoms with Crippen molar-refractivity contribution in [2.45, 2.75) is 45.6 Å². The molecule has 0 fully saturated rings. The van der Waals surface area contributed by atoms with Crippen molar-refractivity contribution in [1.82, 2.24) is 15.0 Å². The predicted molar refractivity (Wildman–Crippen MR) is 93.7 cm³/mol. The van der Waals surface area contributed by atoms with Gasteiger partial charge in [-0.15, -0.1) is 0 Å². The van der Waals surface area contributed by atoms with Gasteiger partial charge in [0.1, 0.15) is 17.8 Å². The highest BCUT2D eigenvalue weighted by Crippen LogP contribution is 2.35. The van der Waals surface area contributed by atoms with Crippen LogP contribution in [-0.4, -0.2) is 15.0 Å². The fourth-order valence-corrected chi connectivity index (χ4v) is 3.76. The van der Waals surface area contributed by atoms with Crippen molar-refractivity contribution in [3.8, 4) is 0 Å². The van der Waals surface area contributed by atoms with Crippen LogP contribution in [0.3, 0.4) is 0 Å². The molecular formula is C19H22N4. The lowest BCUT2D eigenvalue weighted by atomic mass is 9.85. The largest absolute Gasteiger partial charge is 0.363 e.